The second kappa shape index (κ2) is 6.94. The normalized spacial score (nSPS) is 9.60. The quantitative estimate of drug-likeness (QED) is 0.783. The number of aromatic nitrogens is 1. The standard InChI is InChI=1S/C12H13N3O5/c1-3-6-19-12(18)15(5-4-10(16)17)11-9(7-13)14-8(2)20-11/h3H,1,4-6H2,2H3,(H,16,17). The Balaban J connectivity index is 3.02. The van der Waals surface area contributed by atoms with Crippen LogP contribution in [-0.4, -0.2) is 35.3 Å². The Morgan fingerprint density at radius 1 is 1.65 bits per heavy atom. The molecule has 8 heteroatoms. The Labute approximate surface area is 114 Å². The van der Waals surface area contributed by atoms with Crippen LogP contribution in [0.25, 0.3) is 0 Å². The van der Waals surface area contributed by atoms with E-state index in [0.29, 0.717) is 0 Å². The minimum absolute atomic E-state index is 0.0442. The summed E-state index contributed by atoms with van der Waals surface area (Å²) in [6.45, 7) is 4.66. The number of ether oxygens (including phenoxy) is 1. The molecule has 0 unspecified atom stereocenters. The molecule has 20 heavy (non-hydrogen) atoms. The van der Waals surface area contributed by atoms with E-state index in [0.717, 1.165) is 4.90 Å². The Bertz CT molecular complexity index is 558. The Morgan fingerprint density at radius 3 is 2.90 bits per heavy atom. The molecule has 0 saturated carbocycles. The van der Waals surface area contributed by atoms with Gasteiger partial charge in [0.25, 0.3) is 0 Å². The van der Waals surface area contributed by atoms with Crippen molar-refractivity contribution in [2.75, 3.05) is 18.1 Å². The molecular weight excluding hydrogens is 266 g/mol. The summed E-state index contributed by atoms with van der Waals surface area (Å²) >= 11 is 0. The number of carboxylic acids is 1. The summed E-state index contributed by atoms with van der Waals surface area (Å²) in [5, 5.41) is 17.6. The third-order valence-corrected chi connectivity index (χ3v) is 2.16. The predicted molar refractivity (Wildman–Crippen MR) is 67.1 cm³/mol. The number of oxazole rings is 1. The molecule has 0 radical (unpaired) electrons. The average Bonchev–Trinajstić information content (AvgIpc) is 2.77. The lowest BCUT2D eigenvalue weighted by molar-refractivity contribution is -0.136. The van der Waals surface area contributed by atoms with E-state index in [9.17, 15) is 9.59 Å². The molecule has 0 aliphatic carbocycles. The topological polar surface area (TPSA) is 117 Å². The van der Waals surface area contributed by atoms with E-state index in [1.54, 1.807) is 6.07 Å². The maximum Gasteiger partial charge on any atom is 0.417 e. The van der Waals surface area contributed by atoms with Gasteiger partial charge in [0.05, 0.1) is 6.42 Å². The molecule has 1 heterocycles. The highest BCUT2D eigenvalue weighted by Crippen LogP contribution is 2.22. The molecule has 8 nitrogen and oxygen atoms in total. The van der Waals surface area contributed by atoms with Gasteiger partial charge in [0.2, 0.25) is 11.6 Å². The van der Waals surface area contributed by atoms with Crippen LogP contribution >= 0.6 is 0 Å². The third-order valence-electron chi connectivity index (χ3n) is 2.16. The van der Waals surface area contributed by atoms with Crippen molar-refractivity contribution in [1.29, 1.82) is 5.26 Å². The van der Waals surface area contributed by atoms with E-state index >= 15 is 0 Å². The van der Waals surface area contributed by atoms with Crippen LogP contribution < -0.4 is 4.90 Å². The Kier molecular flexibility index (Phi) is 5.29. The van der Waals surface area contributed by atoms with Crippen molar-refractivity contribution in [2.45, 2.75) is 13.3 Å². The van der Waals surface area contributed by atoms with Crippen molar-refractivity contribution in [3.8, 4) is 6.07 Å². The molecule has 0 atom stereocenters. The first-order chi connectivity index (χ1) is 9.49. The number of hydrogen-bond donors (Lipinski definition) is 1. The summed E-state index contributed by atoms with van der Waals surface area (Å²) in [4.78, 5) is 27.2. The highest BCUT2D eigenvalue weighted by Gasteiger charge is 2.25. The number of anilines is 1. The predicted octanol–water partition coefficient (Wildman–Crippen LogP) is 1.46. The SMILES string of the molecule is C=CCOC(=O)N(CCC(=O)O)c1oc(C)nc1C#N. The fourth-order valence-electron chi connectivity index (χ4n) is 1.36. The van der Waals surface area contributed by atoms with Gasteiger partial charge in [-0.15, -0.1) is 0 Å². The summed E-state index contributed by atoms with van der Waals surface area (Å²) in [7, 11) is 0. The van der Waals surface area contributed by atoms with Gasteiger partial charge >= 0.3 is 12.1 Å². The van der Waals surface area contributed by atoms with E-state index in [1.807, 2.05) is 0 Å². The van der Waals surface area contributed by atoms with Crippen molar-refractivity contribution >= 4 is 17.9 Å². The van der Waals surface area contributed by atoms with Crippen molar-refractivity contribution < 1.29 is 23.8 Å². The first kappa shape index (κ1) is 15.2. The summed E-state index contributed by atoms with van der Waals surface area (Å²) in [5.74, 6) is -1.03. The number of carbonyl (C=O) groups is 2. The molecule has 0 saturated heterocycles. The van der Waals surface area contributed by atoms with Crippen molar-refractivity contribution in [3.63, 3.8) is 0 Å². The zero-order valence-corrected chi connectivity index (χ0v) is 10.8. The molecule has 106 valence electrons. The minimum Gasteiger partial charge on any atom is -0.481 e. The lowest BCUT2D eigenvalue weighted by Crippen LogP contribution is -2.34. The monoisotopic (exact) mass is 279 g/mol. The fraction of sp³-hybridized carbons (Fsp3) is 0.333. The first-order valence-corrected chi connectivity index (χ1v) is 5.64. The van der Waals surface area contributed by atoms with Gasteiger partial charge in [-0.2, -0.15) is 5.26 Å². The van der Waals surface area contributed by atoms with Crippen LogP contribution in [-0.2, 0) is 9.53 Å². The Morgan fingerprint density at radius 2 is 2.35 bits per heavy atom. The Hall–Kier alpha value is -2.82. The molecule has 0 aliphatic rings. The highest BCUT2D eigenvalue weighted by atomic mass is 16.6. The summed E-state index contributed by atoms with van der Waals surface area (Å²) in [5.41, 5.74) is -0.108. The molecule has 1 aromatic rings. The number of aryl methyl sites for hydroxylation is 1. The number of aliphatic carboxylic acids is 1. The van der Waals surface area contributed by atoms with Gasteiger partial charge in [-0.3, -0.25) is 4.79 Å². The van der Waals surface area contributed by atoms with Gasteiger partial charge < -0.3 is 14.3 Å². The van der Waals surface area contributed by atoms with E-state index in [1.165, 1.54) is 13.0 Å². The largest absolute Gasteiger partial charge is 0.481 e. The maximum absolute atomic E-state index is 11.9. The van der Waals surface area contributed by atoms with Crippen LogP contribution in [0.15, 0.2) is 17.1 Å². The average molecular weight is 279 g/mol. The summed E-state index contributed by atoms with van der Waals surface area (Å²) < 4.78 is 10.0. The minimum atomic E-state index is -1.10. The second-order valence-corrected chi connectivity index (χ2v) is 3.66. The van der Waals surface area contributed by atoms with Crippen LogP contribution in [0, 0.1) is 18.3 Å². The zero-order chi connectivity index (χ0) is 15.1. The van der Waals surface area contributed by atoms with Gasteiger partial charge in [0.1, 0.15) is 12.7 Å². The molecule has 1 amide bonds. The molecule has 1 aromatic heterocycles. The number of amides is 1. The van der Waals surface area contributed by atoms with Crippen molar-refractivity contribution in [1.82, 2.24) is 4.98 Å². The zero-order valence-electron chi connectivity index (χ0n) is 10.8. The van der Waals surface area contributed by atoms with Crippen LogP contribution in [0.1, 0.15) is 18.0 Å². The molecule has 1 rings (SSSR count). The number of nitrogens with zero attached hydrogens (tertiary/aromatic N) is 3. The summed E-state index contributed by atoms with van der Waals surface area (Å²) in [6, 6.07) is 1.77. The molecular formula is C12H13N3O5. The van der Waals surface area contributed by atoms with Gasteiger partial charge in [-0.1, -0.05) is 12.7 Å². The molecule has 0 spiro atoms. The second-order valence-electron chi connectivity index (χ2n) is 3.66. The molecule has 0 fully saturated rings. The van der Waals surface area contributed by atoms with E-state index in [4.69, 9.17) is 19.5 Å². The van der Waals surface area contributed by atoms with Crippen molar-refractivity contribution in [2.24, 2.45) is 0 Å². The van der Waals surface area contributed by atoms with Gasteiger partial charge in [0, 0.05) is 13.5 Å². The third kappa shape index (κ3) is 3.84. The van der Waals surface area contributed by atoms with Crippen molar-refractivity contribution in [3.05, 3.63) is 24.2 Å². The number of nitriles is 1. The molecule has 0 aliphatic heterocycles. The van der Waals surface area contributed by atoms with Gasteiger partial charge in [0.15, 0.2) is 5.89 Å². The van der Waals surface area contributed by atoms with E-state index in [2.05, 4.69) is 11.6 Å². The number of carbonyl (C=O) groups excluding carboxylic acids is 1. The number of carboxylic acid groups (broad SMARTS) is 1. The van der Waals surface area contributed by atoms with Gasteiger partial charge in [-0.25, -0.2) is 14.7 Å². The summed E-state index contributed by atoms with van der Waals surface area (Å²) in [6.07, 6.45) is 0.205. The smallest absolute Gasteiger partial charge is 0.417 e. The van der Waals surface area contributed by atoms with Crippen LogP contribution in [0.2, 0.25) is 0 Å². The van der Waals surface area contributed by atoms with Crippen LogP contribution in [0.5, 0.6) is 0 Å². The number of hydrogen-bond acceptors (Lipinski definition) is 6. The van der Waals surface area contributed by atoms with E-state index < -0.39 is 12.1 Å². The lowest BCUT2D eigenvalue weighted by atomic mass is 10.3. The molecule has 0 aromatic carbocycles. The number of rotatable bonds is 6. The van der Waals surface area contributed by atoms with Crippen LogP contribution in [0.4, 0.5) is 10.7 Å². The first-order valence-electron chi connectivity index (χ1n) is 5.64. The van der Waals surface area contributed by atoms with E-state index in [-0.39, 0.29) is 37.0 Å². The molecule has 0 bridgehead atoms. The maximum atomic E-state index is 11.9. The highest BCUT2D eigenvalue weighted by molar-refractivity contribution is 5.87. The fourth-order valence-corrected chi connectivity index (χ4v) is 1.36. The molecule has 1 N–H and O–H groups in total. The lowest BCUT2D eigenvalue weighted by Gasteiger charge is -2.18. The van der Waals surface area contributed by atoms with Crippen LogP contribution in [0.3, 0.4) is 0 Å². The van der Waals surface area contributed by atoms with Gasteiger partial charge in [-0.05, 0) is 0 Å².